The Kier molecular flexibility index (Phi) is 3.21. The van der Waals surface area contributed by atoms with Gasteiger partial charge in [0.1, 0.15) is 0 Å². The summed E-state index contributed by atoms with van der Waals surface area (Å²) in [5.74, 6) is 0. The number of nitriles is 1. The Hall–Kier alpha value is -0.550. The molecule has 0 bridgehead atoms. The van der Waals surface area contributed by atoms with Crippen LogP contribution in [0.2, 0.25) is 0 Å². The van der Waals surface area contributed by atoms with Crippen molar-refractivity contribution in [3.63, 3.8) is 0 Å². The topological polar surface area (TPSA) is 27.0 Å². The molecule has 1 rings (SSSR count). The van der Waals surface area contributed by atoms with Gasteiger partial charge in [0, 0.05) is 19.5 Å². The van der Waals surface area contributed by atoms with Crippen LogP contribution in [0, 0.1) is 22.2 Å². The van der Waals surface area contributed by atoms with Crippen molar-refractivity contribution in [3.8, 4) is 6.07 Å². The molecule has 0 N–H and O–H groups in total. The molecule has 0 aromatic carbocycles. The predicted octanol–water partition coefficient (Wildman–Crippen LogP) is 2.66. The highest BCUT2D eigenvalue weighted by atomic mass is 15.2. The number of hydrogen-bond donors (Lipinski definition) is 0. The Morgan fingerprint density at radius 2 is 2.07 bits per heavy atom. The SMILES string of the molecule is CC(C)(C)C1(C)CCN(CCC#N)C1. The fourth-order valence-corrected chi connectivity index (χ4v) is 2.07. The summed E-state index contributed by atoms with van der Waals surface area (Å²) < 4.78 is 0. The van der Waals surface area contributed by atoms with Gasteiger partial charge in [0.05, 0.1) is 6.07 Å². The van der Waals surface area contributed by atoms with Gasteiger partial charge in [-0.2, -0.15) is 5.26 Å². The molecule has 80 valence electrons. The van der Waals surface area contributed by atoms with Gasteiger partial charge in [-0.1, -0.05) is 27.7 Å². The maximum atomic E-state index is 8.54. The molecule has 1 saturated heterocycles. The molecule has 0 aromatic heterocycles. The van der Waals surface area contributed by atoms with E-state index >= 15 is 0 Å². The second kappa shape index (κ2) is 3.90. The first-order chi connectivity index (χ1) is 6.39. The van der Waals surface area contributed by atoms with Crippen LogP contribution < -0.4 is 0 Å². The molecule has 0 spiro atoms. The zero-order valence-corrected chi connectivity index (χ0v) is 9.93. The number of hydrogen-bond acceptors (Lipinski definition) is 2. The molecule has 1 aliphatic heterocycles. The Morgan fingerprint density at radius 1 is 1.43 bits per heavy atom. The quantitative estimate of drug-likeness (QED) is 0.675. The lowest BCUT2D eigenvalue weighted by atomic mass is 9.67. The van der Waals surface area contributed by atoms with Gasteiger partial charge in [-0.25, -0.2) is 0 Å². The van der Waals surface area contributed by atoms with E-state index in [9.17, 15) is 0 Å². The smallest absolute Gasteiger partial charge is 0.0635 e. The first kappa shape index (κ1) is 11.5. The van der Waals surface area contributed by atoms with Crippen molar-refractivity contribution in [2.75, 3.05) is 19.6 Å². The average Bonchev–Trinajstić information content (AvgIpc) is 2.44. The van der Waals surface area contributed by atoms with Gasteiger partial charge >= 0.3 is 0 Å². The van der Waals surface area contributed by atoms with E-state index in [-0.39, 0.29) is 0 Å². The van der Waals surface area contributed by atoms with E-state index in [0.717, 1.165) is 19.6 Å². The Balaban J connectivity index is 2.52. The zero-order valence-electron chi connectivity index (χ0n) is 9.93. The highest BCUT2D eigenvalue weighted by molar-refractivity contribution is 4.94. The monoisotopic (exact) mass is 194 g/mol. The lowest BCUT2D eigenvalue weighted by molar-refractivity contribution is 0.115. The summed E-state index contributed by atoms with van der Waals surface area (Å²) in [6.07, 6.45) is 1.93. The Morgan fingerprint density at radius 3 is 2.50 bits per heavy atom. The first-order valence-electron chi connectivity index (χ1n) is 5.48. The van der Waals surface area contributed by atoms with Crippen LogP contribution in [0.5, 0.6) is 0 Å². The highest BCUT2D eigenvalue weighted by Crippen LogP contribution is 2.45. The van der Waals surface area contributed by atoms with E-state index in [1.807, 2.05) is 0 Å². The van der Waals surface area contributed by atoms with Crippen molar-refractivity contribution in [3.05, 3.63) is 0 Å². The predicted molar refractivity (Wildman–Crippen MR) is 58.8 cm³/mol. The largest absolute Gasteiger partial charge is 0.302 e. The average molecular weight is 194 g/mol. The molecule has 0 saturated carbocycles. The number of likely N-dealkylation sites (tertiary alicyclic amines) is 1. The summed E-state index contributed by atoms with van der Waals surface area (Å²) in [6, 6.07) is 2.22. The molecule has 0 aliphatic carbocycles. The molecule has 0 radical (unpaired) electrons. The fourth-order valence-electron chi connectivity index (χ4n) is 2.07. The van der Waals surface area contributed by atoms with Crippen LogP contribution in [0.25, 0.3) is 0 Å². The minimum absolute atomic E-state index is 0.369. The maximum Gasteiger partial charge on any atom is 0.0635 e. The molecule has 1 fully saturated rings. The second-order valence-corrected chi connectivity index (χ2v) is 5.74. The van der Waals surface area contributed by atoms with E-state index in [1.165, 1.54) is 6.42 Å². The summed E-state index contributed by atoms with van der Waals surface area (Å²) in [4.78, 5) is 2.43. The van der Waals surface area contributed by atoms with E-state index in [4.69, 9.17) is 5.26 Å². The lowest BCUT2D eigenvalue weighted by Crippen LogP contribution is -2.36. The van der Waals surface area contributed by atoms with Gasteiger partial charge in [0.15, 0.2) is 0 Å². The molecular formula is C12H22N2. The van der Waals surface area contributed by atoms with E-state index in [0.29, 0.717) is 17.3 Å². The molecule has 2 nitrogen and oxygen atoms in total. The summed E-state index contributed by atoms with van der Waals surface area (Å²) in [5, 5.41) is 8.54. The molecule has 14 heavy (non-hydrogen) atoms. The molecular weight excluding hydrogens is 172 g/mol. The standard InChI is InChI=1S/C12H22N2/c1-11(2,3)12(4)6-9-14(10-12)8-5-7-13/h5-6,8-10H2,1-4H3. The molecule has 2 heteroatoms. The van der Waals surface area contributed by atoms with E-state index in [1.54, 1.807) is 0 Å². The highest BCUT2D eigenvalue weighted by Gasteiger charge is 2.42. The molecule has 1 atom stereocenters. The third-order valence-corrected chi connectivity index (χ3v) is 3.90. The molecule has 0 amide bonds. The minimum atomic E-state index is 0.369. The number of nitrogens with zero attached hydrogens (tertiary/aromatic N) is 2. The van der Waals surface area contributed by atoms with Crippen molar-refractivity contribution in [1.82, 2.24) is 4.90 Å². The van der Waals surface area contributed by atoms with Crippen LogP contribution in [-0.2, 0) is 0 Å². The third kappa shape index (κ3) is 2.27. The van der Waals surface area contributed by atoms with Crippen molar-refractivity contribution in [2.24, 2.45) is 10.8 Å². The first-order valence-corrected chi connectivity index (χ1v) is 5.48. The van der Waals surface area contributed by atoms with Crippen LogP contribution in [-0.4, -0.2) is 24.5 Å². The normalized spacial score (nSPS) is 29.1. The Labute approximate surface area is 87.9 Å². The van der Waals surface area contributed by atoms with Crippen molar-refractivity contribution < 1.29 is 0 Å². The Bertz CT molecular complexity index is 234. The zero-order chi connectivity index (χ0) is 10.8. The molecule has 1 unspecified atom stereocenters. The summed E-state index contributed by atoms with van der Waals surface area (Å²) in [6.45, 7) is 12.6. The van der Waals surface area contributed by atoms with Crippen LogP contribution in [0.3, 0.4) is 0 Å². The number of rotatable bonds is 2. The van der Waals surface area contributed by atoms with Gasteiger partial charge < -0.3 is 4.90 Å². The van der Waals surface area contributed by atoms with Gasteiger partial charge in [-0.15, -0.1) is 0 Å². The van der Waals surface area contributed by atoms with Gasteiger partial charge in [0.2, 0.25) is 0 Å². The fraction of sp³-hybridized carbons (Fsp3) is 0.917. The van der Waals surface area contributed by atoms with E-state index in [2.05, 4.69) is 38.7 Å². The van der Waals surface area contributed by atoms with Crippen LogP contribution in [0.1, 0.15) is 40.5 Å². The van der Waals surface area contributed by atoms with Gasteiger partial charge in [0.25, 0.3) is 0 Å². The van der Waals surface area contributed by atoms with Crippen molar-refractivity contribution in [2.45, 2.75) is 40.5 Å². The van der Waals surface area contributed by atoms with Gasteiger partial charge in [-0.3, -0.25) is 0 Å². The van der Waals surface area contributed by atoms with Crippen LogP contribution in [0.4, 0.5) is 0 Å². The second-order valence-electron chi connectivity index (χ2n) is 5.74. The maximum absolute atomic E-state index is 8.54. The van der Waals surface area contributed by atoms with Crippen molar-refractivity contribution in [1.29, 1.82) is 5.26 Å². The summed E-state index contributed by atoms with van der Waals surface area (Å²) in [5.41, 5.74) is 0.789. The summed E-state index contributed by atoms with van der Waals surface area (Å²) >= 11 is 0. The lowest BCUT2D eigenvalue weighted by Gasteiger charge is -2.38. The van der Waals surface area contributed by atoms with E-state index < -0.39 is 0 Å². The third-order valence-electron chi connectivity index (χ3n) is 3.90. The van der Waals surface area contributed by atoms with Crippen LogP contribution >= 0.6 is 0 Å². The summed E-state index contributed by atoms with van der Waals surface area (Å²) in [7, 11) is 0. The van der Waals surface area contributed by atoms with Crippen molar-refractivity contribution >= 4 is 0 Å². The molecule has 1 heterocycles. The molecule has 0 aromatic rings. The van der Waals surface area contributed by atoms with Gasteiger partial charge in [-0.05, 0) is 23.8 Å². The van der Waals surface area contributed by atoms with Crippen LogP contribution in [0.15, 0.2) is 0 Å². The molecule has 1 aliphatic rings. The minimum Gasteiger partial charge on any atom is -0.302 e.